The number of carbonyl (C=O) groups is 2. The van der Waals surface area contributed by atoms with Crippen molar-refractivity contribution in [2.24, 2.45) is 5.92 Å². The van der Waals surface area contributed by atoms with Crippen LogP contribution in [-0.2, 0) is 18.6 Å². The first kappa shape index (κ1) is 33.8. The molecule has 2 atom stereocenters. The molecule has 0 aromatic heterocycles. The number of nitrogens with zero attached hydrogens (tertiary/aromatic N) is 1. The zero-order valence-electron chi connectivity index (χ0n) is 25.7. The maximum Gasteiger partial charge on any atom is 0.404 e. The smallest absolute Gasteiger partial charge is 0.404 e. The van der Waals surface area contributed by atoms with E-state index in [9.17, 15) is 14.7 Å². The molecular weight excluding hydrogens is 594 g/mol. The first-order valence-electron chi connectivity index (χ1n) is 15.4. The molecule has 1 fully saturated rings. The van der Waals surface area contributed by atoms with Crippen LogP contribution in [0.15, 0.2) is 66.7 Å². The van der Waals surface area contributed by atoms with Crippen LogP contribution in [-0.4, -0.2) is 65.3 Å². The number of benzene rings is 3. The number of thioether (sulfide) groups is 1. The van der Waals surface area contributed by atoms with Gasteiger partial charge < -0.3 is 25.7 Å². The van der Waals surface area contributed by atoms with Gasteiger partial charge in [-0.3, -0.25) is 4.79 Å². The zero-order valence-corrected chi connectivity index (χ0v) is 27.2. The zero-order chi connectivity index (χ0) is 31.5. The molecule has 44 heavy (non-hydrogen) atoms. The van der Waals surface area contributed by atoms with Crippen LogP contribution >= 0.6 is 23.4 Å². The van der Waals surface area contributed by atoms with E-state index in [1.165, 1.54) is 5.56 Å². The molecule has 0 spiro atoms. The number of carboxylic acid groups (broad SMARTS) is 1. The van der Waals surface area contributed by atoms with Crippen LogP contribution in [0.5, 0.6) is 0 Å². The number of aryl methyl sites for hydroxylation is 1. The van der Waals surface area contributed by atoms with Crippen molar-refractivity contribution < 1.29 is 19.8 Å². The monoisotopic (exact) mass is 637 g/mol. The summed E-state index contributed by atoms with van der Waals surface area (Å²) in [6, 6.07) is 21.6. The summed E-state index contributed by atoms with van der Waals surface area (Å²) >= 11 is 8.66. The van der Waals surface area contributed by atoms with Gasteiger partial charge in [0.2, 0.25) is 0 Å². The van der Waals surface area contributed by atoms with E-state index in [4.69, 9.17) is 16.7 Å². The van der Waals surface area contributed by atoms with Gasteiger partial charge in [0, 0.05) is 60.5 Å². The van der Waals surface area contributed by atoms with E-state index in [-0.39, 0.29) is 18.4 Å². The molecule has 0 saturated carbocycles. The maximum atomic E-state index is 13.7. The molecule has 1 aliphatic heterocycles. The molecule has 1 heterocycles. The van der Waals surface area contributed by atoms with Gasteiger partial charge in [0.25, 0.3) is 5.91 Å². The fourth-order valence-electron chi connectivity index (χ4n) is 6.14. The molecule has 3 aromatic carbocycles. The molecule has 1 unspecified atom stereocenters. The van der Waals surface area contributed by atoms with E-state index in [1.54, 1.807) is 11.8 Å². The second-order valence-electron chi connectivity index (χ2n) is 11.4. The molecule has 0 aliphatic carbocycles. The number of amides is 2. The average Bonchev–Trinajstić information content (AvgIpc) is 3.05. The summed E-state index contributed by atoms with van der Waals surface area (Å²) in [4.78, 5) is 26.7. The minimum absolute atomic E-state index is 0.0477. The quantitative estimate of drug-likeness (QED) is 0.145. The highest BCUT2D eigenvalue weighted by Gasteiger charge is 2.43. The van der Waals surface area contributed by atoms with E-state index in [2.05, 4.69) is 35.9 Å². The summed E-state index contributed by atoms with van der Waals surface area (Å²) in [6.45, 7) is 5.01. The third kappa shape index (κ3) is 8.57. The van der Waals surface area contributed by atoms with E-state index in [0.29, 0.717) is 42.1 Å². The molecule has 0 bridgehead atoms. The topological polar surface area (TPSA) is 102 Å². The Balaban J connectivity index is 1.62. The lowest BCUT2D eigenvalue weighted by Crippen LogP contribution is -2.48. The van der Waals surface area contributed by atoms with Gasteiger partial charge in [0.1, 0.15) is 0 Å². The van der Waals surface area contributed by atoms with Gasteiger partial charge in [-0.2, -0.15) is 11.8 Å². The third-order valence-electron chi connectivity index (χ3n) is 8.51. The Labute approximate surface area is 270 Å². The number of nitrogens with one attached hydrogen (secondary N) is 2. The molecule has 9 heteroatoms. The van der Waals surface area contributed by atoms with Crippen LogP contribution in [0.2, 0.25) is 5.02 Å². The van der Waals surface area contributed by atoms with Crippen molar-refractivity contribution in [3.05, 3.63) is 94.0 Å². The van der Waals surface area contributed by atoms with Crippen molar-refractivity contribution in [1.82, 2.24) is 15.5 Å². The van der Waals surface area contributed by atoms with Gasteiger partial charge in [-0.05, 0) is 78.8 Å². The number of hydrogen-bond acceptors (Lipinski definition) is 5. The standard InChI is InChI=1S/C35H44ClN3O4S/c1-3-25-8-4-9-28(22-25)32-30(11-5-12-31(32)36)35(43,17-7-18-38-34(41)42)29-10-6-20-39(24-29)33(40)27-15-13-26(14-16-27)23-37-19-21-44-2/h4-5,8-9,11-16,22,29,37-38,43H,3,6-7,10,17-21,23-24H2,1-2H3,(H,41,42)/t29-,35?/m1/s1. The summed E-state index contributed by atoms with van der Waals surface area (Å²) < 4.78 is 0. The summed E-state index contributed by atoms with van der Waals surface area (Å²) in [5, 5.41) is 28.2. The Morgan fingerprint density at radius 3 is 2.57 bits per heavy atom. The molecular formula is C35H44ClN3O4S. The Kier molecular flexibility index (Phi) is 12.6. The molecule has 236 valence electrons. The van der Waals surface area contributed by atoms with Crippen molar-refractivity contribution in [1.29, 1.82) is 0 Å². The minimum Gasteiger partial charge on any atom is -0.465 e. The van der Waals surface area contributed by atoms with E-state index < -0.39 is 11.7 Å². The second kappa shape index (κ2) is 16.3. The highest BCUT2D eigenvalue weighted by atomic mass is 35.5. The number of rotatable bonds is 14. The average molecular weight is 638 g/mol. The highest BCUT2D eigenvalue weighted by molar-refractivity contribution is 7.98. The number of halogens is 1. The molecule has 4 N–H and O–H groups in total. The van der Waals surface area contributed by atoms with Gasteiger partial charge in [-0.25, -0.2) is 4.79 Å². The first-order valence-corrected chi connectivity index (χ1v) is 17.2. The van der Waals surface area contributed by atoms with Crippen LogP contribution in [0.4, 0.5) is 4.79 Å². The van der Waals surface area contributed by atoms with Crippen molar-refractivity contribution >= 4 is 35.4 Å². The highest BCUT2D eigenvalue weighted by Crippen LogP contribution is 2.45. The third-order valence-corrected chi connectivity index (χ3v) is 9.44. The lowest BCUT2D eigenvalue weighted by Gasteiger charge is -2.44. The lowest BCUT2D eigenvalue weighted by molar-refractivity contribution is -0.0563. The van der Waals surface area contributed by atoms with Crippen molar-refractivity contribution in [3.8, 4) is 11.1 Å². The van der Waals surface area contributed by atoms with Gasteiger partial charge in [0.05, 0.1) is 5.60 Å². The number of carbonyl (C=O) groups excluding carboxylic acids is 1. The lowest BCUT2D eigenvalue weighted by atomic mass is 9.72. The number of likely N-dealkylation sites (tertiary alicyclic amines) is 1. The van der Waals surface area contributed by atoms with Gasteiger partial charge in [0.15, 0.2) is 0 Å². The Bertz CT molecular complexity index is 1400. The van der Waals surface area contributed by atoms with Gasteiger partial charge in [-0.15, -0.1) is 0 Å². The van der Waals surface area contributed by atoms with Crippen LogP contribution in [0.25, 0.3) is 11.1 Å². The minimum atomic E-state index is -1.34. The molecule has 1 saturated heterocycles. The first-order chi connectivity index (χ1) is 21.3. The molecule has 4 rings (SSSR count). The number of piperidine rings is 1. The molecule has 7 nitrogen and oxygen atoms in total. The van der Waals surface area contributed by atoms with Crippen LogP contribution < -0.4 is 10.6 Å². The largest absolute Gasteiger partial charge is 0.465 e. The normalized spacial score (nSPS) is 16.4. The predicted octanol–water partition coefficient (Wildman–Crippen LogP) is 6.81. The second-order valence-corrected chi connectivity index (χ2v) is 12.8. The van der Waals surface area contributed by atoms with Crippen molar-refractivity contribution in [2.45, 2.75) is 51.2 Å². The van der Waals surface area contributed by atoms with E-state index in [1.807, 2.05) is 59.5 Å². The summed E-state index contributed by atoms with van der Waals surface area (Å²) in [5.41, 5.74) is 4.01. The predicted molar refractivity (Wildman–Crippen MR) is 181 cm³/mol. The Hall–Kier alpha value is -3.04. The fraction of sp³-hybridized carbons (Fsp3) is 0.429. The van der Waals surface area contributed by atoms with Crippen LogP contribution in [0.3, 0.4) is 0 Å². The maximum absolute atomic E-state index is 13.7. The Morgan fingerprint density at radius 2 is 1.84 bits per heavy atom. The van der Waals surface area contributed by atoms with Crippen molar-refractivity contribution in [2.75, 3.05) is 38.2 Å². The summed E-state index contributed by atoms with van der Waals surface area (Å²) in [5.74, 6) is 0.738. The van der Waals surface area contributed by atoms with Gasteiger partial charge in [-0.1, -0.05) is 67.1 Å². The molecule has 1 aliphatic rings. The van der Waals surface area contributed by atoms with E-state index >= 15 is 0 Å². The van der Waals surface area contributed by atoms with Crippen LogP contribution in [0, 0.1) is 5.92 Å². The summed E-state index contributed by atoms with van der Waals surface area (Å²) in [6.07, 6.45) is 4.10. The van der Waals surface area contributed by atoms with Crippen LogP contribution in [0.1, 0.15) is 59.7 Å². The number of hydrogen-bond donors (Lipinski definition) is 4. The van der Waals surface area contributed by atoms with Gasteiger partial charge >= 0.3 is 6.09 Å². The fourth-order valence-corrected chi connectivity index (χ4v) is 6.78. The molecule has 0 radical (unpaired) electrons. The molecule has 2 amide bonds. The van der Waals surface area contributed by atoms with E-state index in [0.717, 1.165) is 54.8 Å². The Morgan fingerprint density at radius 1 is 1.07 bits per heavy atom. The summed E-state index contributed by atoms with van der Waals surface area (Å²) in [7, 11) is 0. The number of aliphatic hydroxyl groups is 1. The molecule has 3 aromatic rings. The van der Waals surface area contributed by atoms with Crippen molar-refractivity contribution in [3.63, 3.8) is 0 Å². The SMILES string of the molecule is CCc1cccc(-c2c(Cl)cccc2C(O)(CCCNC(=O)O)[C@@H]2CCCN(C(=O)c3ccc(CNCCSC)cc3)C2)c1.